The lowest BCUT2D eigenvalue weighted by molar-refractivity contribution is -0.384. The fourth-order valence-electron chi connectivity index (χ4n) is 8.59. The van der Waals surface area contributed by atoms with Gasteiger partial charge in [0, 0.05) is 49.5 Å². The lowest BCUT2D eigenvalue weighted by Gasteiger charge is -2.37. The first-order valence-corrected chi connectivity index (χ1v) is 21.6. The number of sulfonamides is 1. The lowest BCUT2D eigenvalue weighted by atomic mass is 9.80. The summed E-state index contributed by atoms with van der Waals surface area (Å²) in [6, 6.07) is 23.9. The van der Waals surface area contributed by atoms with Crippen molar-refractivity contribution in [1.29, 1.82) is 0 Å². The molecular weight excluding hydrogens is 757 g/mol. The molecule has 3 aromatic carbocycles. The number of ether oxygens (including phenoxy) is 2. The van der Waals surface area contributed by atoms with E-state index >= 15 is 0 Å². The SMILES string of the molecule is O=C(NS(=O)(=O)c1ccc(NCC2CCOCC2)c([N+](=O)[O-])c1)c1ccc(C2CCC(N3CCCC3C=Cc3ccccc3)CC2)cc1Oc1cnc2[nH]ccc2c1. The molecule has 0 spiro atoms. The molecule has 5 aromatic rings. The van der Waals surface area contributed by atoms with Crippen LogP contribution < -0.4 is 14.8 Å². The van der Waals surface area contributed by atoms with Crippen LogP contribution >= 0.6 is 0 Å². The first kappa shape index (κ1) is 39.3. The smallest absolute Gasteiger partial charge is 0.293 e. The van der Waals surface area contributed by atoms with Crippen molar-refractivity contribution in [2.45, 2.75) is 74.3 Å². The summed E-state index contributed by atoms with van der Waals surface area (Å²) in [5.41, 5.74) is 2.70. The molecule has 2 saturated heterocycles. The Morgan fingerprint density at radius 2 is 1.79 bits per heavy atom. The molecule has 302 valence electrons. The van der Waals surface area contributed by atoms with Crippen molar-refractivity contribution in [3.05, 3.63) is 124 Å². The molecule has 58 heavy (non-hydrogen) atoms. The number of nitrogens with zero attached hydrogens (tertiary/aromatic N) is 3. The highest BCUT2D eigenvalue weighted by atomic mass is 32.2. The van der Waals surface area contributed by atoms with Gasteiger partial charge in [0.1, 0.15) is 22.8 Å². The number of likely N-dealkylation sites (tertiary alicyclic amines) is 1. The summed E-state index contributed by atoms with van der Waals surface area (Å²) in [6.45, 7) is 2.85. The van der Waals surface area contributed by atoms with Crippen molar-refractivity contribution >= 4 is 44.4 Å². The molecule has 1 unspecified atom stereocenters. The zero-order valence-corrected chi connectivity index (χ0v) is 33.0. The van der Waals surface area contributed by atoms with Crippen LogP contribution in [0, 0.1) is 16.0 Å². The number of carbonyl (C=O) groups excluding carboxylic acids is 1. The fraction of sp³-hybridized carbons (Fsp3) is 0.364. The van der Waals surface area contributed by atoms with E-state index in [0.717, 1.165) is 68.5 Å². The average Bonchev–Trinajstić information content (AvgIpc) is 3.92. The van der Waals surface area contributed by atoms with E-state index in [-0.39, 0.29) is 28.8 Å². The number of amides is 1. The Morgan fingerprint density at radius 1 is 0.983 bits per heavy atom. The molecule has 1 amide bonds. The molecule has 1 saturated carbocycles. The summed E-state index contributed by atoms with van der Waals surface area (Å²) in [4.78, 5) is 35.0. The molecule has 13 nitrogen and oxygen atoms in total. The Bertz CT molecular complexity index is 2390. The van der Waals surface area contributed by atoms with Crippen LogP contribution in [0.3, 0.4) is 0 Å². The van der Waals surface area contributed by atoms with Gasteiger partial charge in [-0.25, -0.2) is 18.1 Å². The Labute approximate surface area is 338 Å². The van der Waals surface area contributed by atoms with Crippen molar-refractivity contribution in [2.75, 3.05) is 31.6 Å². The van der Waals surface area contributed by atoms with Crippen LogP contribution in [0.2, 0.25) is 0 Å². The van der Waals surface area contributed by atoms with Crippen molar-refractivity contribution in [3.63, 3.8) is 0 Å². The fourth-order valence-corrected chi connectivity index (χ4v) is 9.57. The number of carbonyl (C=O) groups is 1. The number of rotatable bonds is 13. The highest BCUT2D eigenvalue weighted by Gasteiger charge is 2.33. The zero-order chi connectivity index (χ0) is 40.1. The molecular formula is C44H48N6O7S. The number of hydrogen-bond donors (Lipinski definition) is 3. The highest BCUT2D eigenvalue weighted by Crippen LogP contribution is 2.40. The number of nitro groups is 1. The van der Waals surface area contributed by atoms with Crippen LogP contribution in [0.1, 0.15) is 78.8 Å². The highest BCUT2D eigenvalue weighted by molar-refractivity contribution is 7.90. The molecule has 14 heteroatoms. The number of anilines is 1. The van der Waals surface area contributed by atoms with E-state index in [1.807, 2.05) is 24.3 Å². The van der Waals surface area contributed by atoms with Gasteiger partial charge < -0.3 is 19.8 Å². The number of nitro benzene ring substituents is 1. The van der Waals surface area contributed by atoms with Crippen LogP contribution in [0.25, 0.3) is 17.1 Å². The number of nitrogens with one attached hydrogen (secondary N) is 3. The third kappa shape index (κ3) is 9.09. The summed E-state index contributed by atoms with van der Waals surface area (Å²) in [5.74, 6) is 0.158. The number of aromatic nitrogens is 2. The number of benzene rings is 3. The van der Waals surface area contributed by atoms with Crippen molar-refractivity contribution < 1.29 is 27.6 Å². The Kier molecular flexibility index (Phi) is 11.9. The quantitative estimate of drug-likeness (QED) is 0.0776. The first-order valence-electron chi connectivity index (χ1n) is 20.1. The van der Waals surface area contributed by atoms with Gasteiger partial charge in [-0.1, -0.05) is 48.6 Å². The molecule has 2 aromatic heterocycles. The molecule has 2 aliphatic heterocycles. The predicted octanol–water partition coefficient (Wildman–Crippen LogP) is 8.42. The van der Waals surface area contributed by atoms with Crippen LogP contribution in [-0.4, -0.2) is 72.5 Å². The summed E-state index contributed by atoms with van der Waals surface area (Å²) in [6.07, 6.45) is 15.9. The summed E-state index contributed by atoms with van der Waals surface area (Å²) >= 11 is 0. The second-order valence-corrected chi connectivity index (χ2v) is 17.2. The number of aromatic amines is 1. The van der Waals surface area contributed by atoms with Gasteiger partial charge in [0.25, 0.3) is 21.6 Å². The molecule has 4 heterocycles. The Hall–Kier alpha value is -5.57. The summed E-state index contributed by atoms with van der Waals surface area (Å²) < 4.78 is 41.1. The van der Waals surface area contributed by atoms with Crippen LogP contribution in [0.4, 0.5) is 11.4 Å². The van der Waals surface area contributed by atoms with Crippen LogP contribution in [-0.2, 0) is 14.8 Å². The maximum atomic E-state index is 13.9. The third-order valence-electron chi connectivity index (χ3n) is 11.8. The molecule has 1 atom stereocenters. The number of H-pyrrole nitrogens is 1. The van der Waals surface area contributed by atoms with E-state index < -0.39 is 31.4 Å². The van der Waals surface area contributed by atoms with Crippen molar-refractivity contribution in [1.82, 2.24) is 19.6 Å². The largest absolute Gasteiger partial charge is 0.455 e. The predicted molar refractivity (Wildman–Crippen MR) is 223 cm³/mol. The molecule has 0 bridgehead atoms. The minimum absolute atomic E-state index is 0.00420. The average molecular weight is 805 g/mol. The van der Waals surface area contributed by atoms with Gasteiger partial charge in [0.2, 0.25) is 0 Å². The second kappa shape index (κ2) is 17.5. The standard InChI is InChI=1S/C44H48N6O7S/c51-44(48-58(54,55)38-15-17-40(41(27-38)50(52)53)46-28-31-19-23-56-24-20-31)39-16-11-33(26-42(39)57-37-25-34-18-21-45-43(34)47-29-37)32-9-13-36(14-10-32)49-22-4-7-35(49)12-8-30-5-2-1-3-6-30/h1-3,5-6,8,11-12,15-18,21,25-27,29,31-32,35-36,46H,4,7,9-10,13-14,19-20,22-24,28H2,(H,45,47)(H,48,51). The van der Waals surface area contributed by atoms with Gasteiger partial charge in [0.05, 0.1) is 21.6 Å². The van der Waals surface area contributed by atoms with E-state index in [0.29, 0.717) is 43.2 Å². The molecule has 0 radical (unpaired) electrons. The Balaban J connectivity index is 0.993. The van der Waals surface area contributed by atoms with E-state index in [4.69, 9.17) is 9.47 Å². The van der Waals surface area contributed by atoms with Crippen LogP contribution in [0.15, 0.2) is 102 Å². The van der Waals surface area contributed by atoms with Crippen molar-refractivity contribution in [2.24, 2.45) is 5.92 Å². The van der Waals surface area contributed by atoms with E-state index in [2.05, 4.69) is 61.3 Å². The summed E-state index contributed by atoms with van der Waals surface area (Å²) in [7, 11) is -4.53. The first-order chi connectivity index (χ1) is 28.2. The molecule has 3 N–H and O–H groups in total. The van der Waals surface area contributed by atoms with E-state index in [9.17, 15) is 23.3 Å². The van der Waals surface area contributed by atoms with Gasteiger partial charge >= 0.3 is 0 Å². The lowest BCUT2D eigenvalue weighted by Crippen LogP contribution is -2.40. The van der Waals surface area contributed by atoms with Gasteiger partial charge in [0.15, 0.2) is 0 Å². The van der Waals surface area contributed by atoms with Crippen LogP contribution in [0.5, 0.6) is 11.5 Å². The topological polar surface area (TPSA) is 169 Å². The van der Waals surface area contributed by atoms with E-state index in [1.165, 1.54) is 24.1 Å². The van der Waals surface area contributed by atoms with Gasteiger partial charge in [-0.2, -0.15) is 0 Å². The number of hydrogen-bond acceptors (Lipinski definition) is 10. The number of pyridine rings is 1. The van der Waals surface area contributed by atoms with E-state index in [1.54, 1.807) is 24.5 Å². The maximum absolute atomic E-state index is 13.9. The Morgan fingerprint density at radius 3 is 2.59 bits per heavy atom. The normalized spacial score (nSPS) is 20.7. The van der Waals surface area contributed by atoms with Gasteiger partial charge in [-0.3, -0.25) is 19.8 Å². The monoisotopic (exact) mass is 804 g/mol. The summed E-state index contributed by atoms with van der Waals surface area (Å²) in [5, 5.41) is 16.0. The van der Waals surface area contributed by atoms with Gasteiger partial charge in [-0.05, 0) is 117 Å². The minimum atomic E-state index is -4.53. The molecule has 1 aliphatic carbocycles. The van der Waals surface area contributed by atoms with Crippen molar-refractivity contribution in [3.8, 4) is 11.5 Å². The molecule has 8 rings (SSSR count). The molecule has 3 fully saturated rings. The number of fused-ring (bicyclic) bond motifs is 1. The second-order valence-electron chi connectivity index (χ2n) is 15.5. The third-order valence-corrected chi connectivity index (χ3v) is 13.1. The zero-order valence-electron chi connectivity index (χ0n) is 32.2. The molecule has 3 aliphatic rings. The van der Waals surface area contributed by atoms with Gasteiger partial charge in [-0.15, -0.1) is 0 Å². The minimum Gasteiger partial charge on any atom is -0.455 e. The maximum Gasteiger partial charge on any atom is 0.293 e.